The summed E-state index contributed by atoms with van der Waals surface area (Å²) < 4.78 is 0. The van der Waals surface area contributed by atoms with E-state index in [4.69, 9.17) is 5.73 Å². The Labute approximate surface area is 71.5 Å². The van der Waals surface area contributed by atoms with E-state index in [-0.39, 0.29) is 0 Å². The van der Waals surface area contributed by atoms with Crippen LogP contribution in [0.15, 0.2) is 17.3 Å². The van der Waals surface area contributed by atoms with Gasteiger partial charge in [-0.05, 0) is 31.3 Å². The minimum atomic E-state index is -0.624. The van der Waals surface area contributed by atoms with Gasteiger partial charge >= 0.3 is 6.03 Å². The van der Waals surface area contributed by atoms with Crippen LogP contribution in [0.1, 0.15) is 25.7 Å². The molecule has 0 aromatic carbocycles. The lowest BCUT2D eigenvalue weighted by molar-refractivity contribution is 0.249. The molecule has 0 aliphatic heterocycles. The summed E-state index contributed by atoms with van der Waals surface area (Å²) in [6, 6.07) is -0.624. The van der Waals surface area contributed by atoms with Gasteiger partial charge in [-0.2, -0.15) is 5.10 Å². The Morgan fingerprint density at radius 3 is 2.75 bits per heavy atom. The molecule has 1 aliphatic rings. The molecular weight excluding hydrogens is 154 g/mol. The molecule has 0 aromatic rings. The number of urea groups is 1. The number of nitrogens with one attached hydrogen (secondary N) is 1. The van der Waals surface area contributed by atoms with Gasteiger partial charge in [0.25, 0.3) is 0 Å². The summed E-state index contributed by atoms with van der Waals surface area (Å²) in [6.07, 6.45) is 4.13. The number of rotatable bonds is 1. The van der Waals surface area contributed by atoms with E-state index in [1.54, 1.807) is 0 Å². The van der Waals surface area contributed by atoms with Gasteiger partial charge in [0.05, 0.1) is 5.71 Å². The zero-order chi connectivity index (χ0) is 8.97. The fourth-order valence-corrected chi connectivity index (χ4v) is 1.21. The van der Waals surface area contributed by atoms with Crippen LogP contribution < -0.4 is 11.2 Å². The minimum Gasteiger partial charge on any atom is -0.350 e. The van der Waals surface area contributed by atoms with Gasteiger partial charge in [0.1, 0.15) is 0 Å². The Morgan fingerprint density at radius 2 is 2.17 bits per heavy atom. The first kappa shape index (κ1) is 8.77. The number of hydrogen-bond donors (Lipinski definition) is 2. The van der Waals surface area contributed by atoms with Crippen molar-refractivity contribution in [2.45, 2.75) is 25.7 Å². The van der Waals surface area contributed by atoms with Crippen LogP contribution in [-0.4, -0.2) is 11.7 Å². The summed E-state index contributed by atoms with van der Waals surface area (Å²) in [7, 11) is 0. The summed E-state index contributed by atoms with van der Waals surface area (Å²) in [5, 5.41) is 3.86. The fraction of sp³-hybridized carbons (Fsp3) is 0.500. The van der Waals surface area contributed by atoms with Crippen molar-refractivity contribution in [3.8, 4) is 0 Å². The van der Waals surface area contributed by atoms with Crippen LogP contribution in [0.3, 0.4) is 0 Å². The molecule has 0 spiro atoms. The average molecular weight is 167 g/mol. The van der Waals surface area contributed by atoms with Crippen LogP contribution in [0.2, 0.25) is 0 Å². The van der Waals surface area contributed by atoms with Crippen molar-refractivity contribution >= 4 is 11.7 Å². The molecule has 0 radical (unpaired) electrons. The standard InChI is InChI=1S/C8H13N3O/c1-6-4-2-3-5-7(6)10-11-8(9)12/h1-5H2,(H3,9,11,12)/b10-7-. The van der Waals surface area contributed by atoms with E-state index in [1.807, 2.05) is 0 Å². The molecular formula is C8H13N3O. The number of nitrogens with two attached hydrogens (primary N) is 1. The van der Waals surface area contributed by atoms with Crippen molar-refractivity contribution in [2.75, 3.05) is 0 Å². The number of nitrogens with zero attached hydrogens (tertiary/aromatic N) is 1. The van der Waals surface area contributed by atoms with Crippen LogP contribution in [0.5, 0.6) is 0 Å². The molecule has 0 heterocycles. The lowest BCUT2D eigenvalue weighted by Crippen LogP contribution is -2.26. The molecule has 1 rings (SSSR count). The Hall–Kier alpha value is -1.32. The lowest BCUT2D eigenvalue weighted by Gasteiger charge is -2.14. The van der Waals surface area contributed by atoms with Crippen molar-refractivity contribution in [2.24, 2.45) is 10.8 Å². The SMILES string of the molecule is C=C1CCCC/C1=N/NC(N)=O. The topological polar surface area (TPSA) is 67.5 Å². The van der Waals surface area contributed by atoms with Crippen molar-refractivity contribution in [1.82, 2.24) is 5.43 Å². The van der Waals surface area contributed by atoms with Gasteiger partial charge < -0.3 is 5.73 Å². The second kappa shape index (κ2) is 3.90. The molecule has 3 N–H and O–H groups in total. The van der Waals surface area contributed by atoms with Gasteiger partial charge in [0.15, 0.2) is 0 Å². The Balaban J connectivity index is 2.53. The molecule has 4 heteroatoms. The first-order chi connectivity index (χ1) is 5.70. The average Bonchev–Trinajstić information content (AvgIpc) is 2.03. The zero-order valence-corrected chi connectivity index (χ0v) is 6.97. The maximum atomic E-state index is 10.3. The molecule has 2 amide bonds. The highest BCUT2D eigenvalue weighted by Gasteiger charge is 2.10. The molecule has 0 bridgehead atoms. The third-order valence-electron chi connectivity index (χ3n) is 1.85. The van der Waals surface area contributed by atoms with Crippen LogP contribution in [-0.2, 0) is 0 Å². The minimum absolute atomic E-state index is 0.624. The van der Waals surface area contributed by atoms with Gasteiger partial charge in [-0.15, -0.1) is 0 Å². The van der Waals surface area contributed by atoms with Crippen LogP contribution in [0.25, 0.3) is 0 Å². The lowest BCUT2D eigenvalue weighted by atomic mass is 9.94. The third kappa shape index (κ3) is 2.38. The van der Waals surface area contributed by atoms with Gasteiger partial charge in [-0.25, -0.2) is 10.2 Å². The summed E-state index contributed by atoms with van der Waals surface area (Å²) in [5.41, 5.74) is 8.96. The number of primary amides is 1. The predicted octanol–water partition coefficient (Wildman–Crippen LogP) is 1.14. The van der Waals surface area contributed by atoms with E-state index in [2.05, 4.69) is 17.1 Å². The van der Waals surface area contributed by atoms with Crippen LogP contribution >= 0.6 is 0 Å². The van der Waals surface area contributed by atoms with Gasteiger partial charge in [-0.3, -0.25) is 0 Å². The molecule has 1 saturated carbocycles. The normalized spacial score (nSPS) is 21.0. The number of amides is 2. The monoisotopic (exact) mass is 167 g/mol. The van der Waals surface area contributed by atoms with Crippen molar-refractivity contribution in [1.29, 1.82) is 0 Å². The number of hydrogen-bond acceptors (Lipinski definition) is 2. The summed E-state index contributed by atoms with van der Waals surface area (Å²) in [5.74, 6) is 0. The summed E-state index contributed by atoms with van der Waals surface area (Å²) >= 11 is 0. The fourth-order valence-electron chi connectivity index (χ4n) is 1.21. The van der Waals surface area contributed by atoms with E-state index in [1.165, 1.54) is 0 Å². The second-order valence-corrected chi connectivity index (χ2v) is 2.85. The highest BCUT2D eigenvalue weighted by molar-refractivity contribution is 6.00. The van der Waals surface area contributed by atoms with E-state index in [0.717, 1.165) is 37.0 Å². The predicted molar refractivity (Wildman–Crippen MR) is 47.8 cm³/mol. The van der Waals surface area contributed by atoms with Crippen LogP contribution in [0.4, 0.5) is 4.79 Å². The Morgan fingerprint density at radius 1 is 1.50 bits per heavy atom. The molecule has 1 aliphatic carbocycles. The van der Waals surface area contributed by atoms with Crippen molar-refractivity contribution in [3.63, 3.8) is 0 Å². The maximum Gasteiger partial charge on any atom is 0.332 e. The number of carbonyl (C=O) groups excluding carboxylic acids is 1. The van der Waals surface area contributed by atoms with Gasteiger partial charge in [0, 0.05) is 0 Å². The number of carbonyl (C=O) groups is 1. The van der Waals surface area contributed by atoms with Gasteiger partial charge in [-0.1, -0.05) is 6.58 Å². The zero-order valence-electron chi connectivity index (χ0n) is 6.97. The summed E-state index contributed by atoms with van der Waals surface area (Å²) in [4.78, 5) is 10.3. The van der Waals surface area contributed by atoms with Crippen LogP contribution in [0, 0.1) is 0 Å². The first-order valence-electron chi connectivity index (χ1n) is 4.00. The first-order valence-corrected chi connectivity index (χ1v) is 4.00. The third-order valence-corrected chi connectivity index (χ3v) is 1.85. The van der Waals surface area contributed by atoms with E-state index in [9.17, 15) is 4.79 Å². The van der Waals surface area contributed by atoms with E-state index < -0.39 is 6.03 Å². The largest absolute Gasteiger partial charge is 0.350 e. The van der Waals surface area contributed by atoms with Crippen molar-refractivity contribution in [3.05, 3.63) is 12.2 Å². The summed E-state index contributed by atoms with van der Waals surface area (Å²) in [6.45, 7) is 3.85. The second-order valence-electron chi connectivity index (χ2n) is 2.85. The molecule has 0 aromatic heterocycles. The van der Waals surface area contributed by atoms with Gasteiger partial charge in [0.2, 0.25) is 0 Å². The number of allylic oxidation sites excluding steroid dienone is 1. The smallest absolute Gasteiger partial charge is 0.332 e. The Bertz CT molecular complexity index is 232. The quantitative estimate of drug-likeness (QED) is 0.565. The molecule has 12 heavy (non-hydrogen) atoms. The molecule has 0 saturated heterocycles. The molecule has 4 nitrogen and oxygen atoms in total. The van der Waals surface area contributed by atoms with Crippen molar-refractivity contribution < 1.29 is 4.79 Å². The molecule has 66 valence electrons. The van der Waals surface area contributed by atoms with E-state index >= 15 is 0 Å². The highest BCUT2D eigenvalue weighted by Crippen LogP contribution is 2.18. The maximum absolute atomic E-state index is 10.3. The Kier molecular flexibility index (Phi) is 2.85. The molecule has 1 fully saturated rings. The number of hydrazone groups is 1. The molecule has 0 unspecified atom stereocenters. The van der Waals surface area contributed by atoms with E-state index in [0.29, 0.717) is 0 Å². The highest BCUT2D eigenvalue weighted by atomic mass is 16.2. The molecule has 0 atom stereocenters.